The topological polar surface area (TPSA) is 21.3 Å². The van der Waals surface area contributed by atoms with E-state index in [1.54, 1.807) is 0 Å². The Morgan fingerprint density at radius 3 is 1.86 bits per heavy atom. The lowest BCUT2D eigenvalue weighted by molar-refractivity contribution is 0.180. The molecule has 0 saturated carbocycles. The molecular formula is C19H17NO. The van der Waals surface area contributed by atoms with E-state index in [0.29, 0.717) is 6.61 Å². The van der Waals surface area contributed by atoms with Crippen molar-refractivity contribution in [1.82, 2.24) is 0 Å². The number of anilines is 1. The van der Waals surface area contributed by atoms with Crippen LogP contribution in [0.3, 0.4) is 0 Å². The monoisotopic (exact) mass is 275 g/mol. The maximum atomic E-state index is 5.50. The molecule has 3 aromatic carbocycles. The summed E-state index contributed by atoms with van der Waals surface area (Å²) in [6, 6.07) is 28.6. The minimum absolute atomic E-state index is 0.543. The van der Waals surface area contributed by atoms with Gasteiger partial charge in [0.1, 0.15) is 0 Å². The normalized spacial score (nSPS) is 10.3. The molecule has 21 heavy (non-hydrogen) atoms. The van der Waals surface area contributed by atoms with Crippen LogP contribution in [0.5, 0.6) is 0 Å². The summed E-state index contributed by atoms with van der Waals surface area (Å²) in [5.41, 5.74) is 7.48. The Balaban J connectivity index is 1.58. The van der Waals surface area contributed by atoms with Gasteiger partial charge in [0.05, 0.1) is 12.3 Å². The fraction of sp³-hybridized carbons (Fsp3) is 0.0526. The maximum absolute atomic E-state index is 5.50. The van der Waals surface area contributed by atoms with Gasteiger partial charge in [-0.1, -0.05) is 72.8 Å². The molecule has 0 heterocycles. The van der Waals surface area contributed by atoms with Gasteiger partial charge in [-0.3, -0.25) is 10.3 Å². The molecule has 0 radical (unpaired) electrons. The average Bonchev–Trinajstić information content (AvgIpc) is 2.57. The van der Waals surface area contributed by atoms with E-state index in [-0.39, 0.29) is 0 Å². The van der Waals surface area contributed by atoms with Gasteiger partial charge in [0.15, 0.2) is 0 Å². The largest absolute Gasteiger partial charge is 0.271 e. The molecule has 0 aliphatic rings. The summed E-state index contributed by atoms with van der Waals surface area (Å²) >= 11 is 0. The van der Waals surface area contributed by atoms with Gasteiger partial charge in [-0.05, 0) is 28.8 Å². The summed E-state index contributed by atoms with van der Waals surface area (Å²) in [6.07, 6.45) is 0. The van der Waals surface area contributed by atoms with Crippen LogP contribution >= 0.6 is 0 Å². The van der Waals surface area contributed by atoms with Gasteiger partial charge in [-0.15, -0.1) is 0 Å². The number of benzene rings is 3. The van der Waals surface area contributed by atoms with Gasteiger partial charge in [-0.25, -0.2) is 0 Å². The lowest BCUT2D eigenvalue weighted by Gasteiger charge is -2.08. The van der Waals surface area contributed by atoms with E-state index >= 15 is 0 Å². The average molecular weight is 275 g/mol. The molecule has 0 saturated heterocycles. The smallest absolute Gasteiger partial charge is 0.0996 e. The van der Waals surface area contributed by atoms with E-state index in [2.05, 4.69) is 29.7 Å². The summed E-state index contributed by atoms with van der Waals surface area (Å²) in [4.78, 5) is 5.50. The van der Waals surface area contributed by atoms with E-state index in [9.17, 15) is 0 Å². The molecule has 3 aromatic rings. The molecule has 2 heteroatoms. The number of hydrogen-bond donors (Lipinski definition) is 1. The fourth-order valence-corrected chi connectivity index (χ4v) is 2.14. The van der Waals surface area contributed by atoms with Crippen molar-refractivity contribution >= 4 is 5.69 Å². The molecule has 1 N–H and O–H groups in total. The quantitative estimate of drug-likeness (QED) is 0.669. The Bertz CT molecular complexity index is 663. The fourth-order valence-electron chi connectivity index (χ4n) is 2.14. The summed E-state index contributed by atoms with van der Waals surface area (Å²) in [6.45, 7) is 0.543. The van der Waals surface area contributed by atoms with E-state index < -0.39 is 0 Å². The van der Waals surface area contributed by atoms with Crippen molar-refractivity contribution < 1.29 is 4.84 Å². The third-order valence-corrected chi connectivity index (χ3v) is 3.26. The van der Waals surface area contributed by atoms with Crippen LogP contribution in [0.15, 0.2) is 84.9 Å². The lowest BCUT2D eigenvalue weighted by Crippen LogP contribution is -2.01. The molecule has 0 aliphatic heterocycles. The van der Waals surface area contributed by atoms with E-state index in [1.807, 2.05) is 60.7 Å². The van der Waals surface area contributed by atoms with Crippen LogP contribution in [0, 0.1) is 0 Å². The highest BCUT2D eigenvalue weighted by molar-refractivity contribution is 5.65. The molecular weight excluding hydrogens is 258 g/mol. The summed E-state index contributed by atoms with van der Waals surface area (Å²) in [7, 11) is 0. The molecule has 0 aliphatic carbocycles. The predicted octanol–water partition coefficient (Wildman–Crippen LogP) is 4.90. The van der Waals surface area contributed by atoms with Crippen LogP contribution in [-0.2, 0) is 11.4 Å². The summed E-state index contributed by atoms with van der Waals surface area (Å²) < 4.78 is 0. The van der Waals surface area contributed by atoms with Crippen LogP contribution in [0.2, 0.25) is 0 Å². The Labute approximate surface area is 125 Å². The van der Waals surface area contributed by atoms with E-state index in [0.717, 1.165) is 11.3 Å². The second kappa shape index (κ2) is 6.73. The van der Waals surface area contributed by atoms with Gasteiger partial charge in [0.2, 0.25) is 0 Å². The molecule has 0 amide bonds. The predicted molar refractivity (Wildman–Crippen MR) is 86.7 cm³/mol. The zero-order chi connectivity index (χ0) is 14.3. The highest BCUT2D eigenvalue weighted by Gasteiger charge is 1.97. The van der Waals surface area contributed by atoms with Gasteiger partial charge in [-0.2, -0.15) is 0 Å². The first-order valence-corrected chi connectivity index (χ1v) is 6.99. The molecule has 104 valence electrons. The number of nitrogens with one attached hydrogen (secondary N) is 1. The number of hydrogen-bond acceptors (Lipinski definition) is 2. The van der Waals surface area contributed by atoms with Crippen LogP contribution in [0.1, 0.15) is 5.56 Å². The molecule has 0 atom stereocenters. The molecule has 2 nitrogen and oxygen atoms in total. The highest BCUT2D eigenvalue weighted by atomic mass is 16.6. The summed E-state index contributed by atoms with van der Waals surface area (Å²) in [5, 5.41) is 0. The van der Waals surface area contributed by atoms with Gasteiger partial charge in [0, 0.05) is 0 Å². The van der Waals surface area contributed by atoms with Gasteiger partial charge >= 0.3 is 0 Å². The third-order valence-electron chi connectivity index (χ3n) is 3.26. The van der Waals surface area contributed by atoms with Crippen LogP contribution in [-0.4, -0.2) is 0 Å². The minimum atomic E-state index is 0.543. The van der Waals surface area contributed by atoms with Crippen molar-refractivity contribution in [3.8, 4) is 11.1 Å². The van der Waals surface area contributed by atoms with Crippen molar-refractivity contribution in [2.45, 2.75) is 6.61 Å². The van der Waals surface area contributed by atoms with E-state index in [1.165, 1.54) is 11.1 Å². The Hall–Kier alpha value is -2.58. The number of rotatable bonds is 5. The Morgan fingerprint density at radius 2 is 1.19 bits per heavy atom. The SMILES string of the molecule is c1ccc(CONc2ccc(-c3ccccc3)cc2)cc1. The van der Waals surface area contributed by atoms with Crippen molar-refractivity contribution in [3.63, 3.8) is 0 Å². The van der Waals surface area contributed by atoms with Crippen molar-refractivity contribution in [1.29, 1.82) is 0 Å². The molecule has 0 aromatic heterocycles. The molecule has 0 bridgehead atoms. The minimum Gasteiger partial charge on any atom is -0.271 e. The standard InChI is InChI=1S/C19H17NO/c1-3-7-16(8-4-1)15-21-20-19-13-11-18(12-14-19)17-9-5-2-6-10-17/h1-14,20H,15H2. The Kier molecular flexibility index (Phi) is 4.30. The van der Waals surface area contributed by atoms with Crippen molar-refractivity contribution in [2.24, 2.45) is 0 Å². The molecule has 3 rings (SSSR count). The zero-order valence-electron chi connectivity index (χ0n) is 11.7. The molecule has 0 unspecified atom stereocenters. The highest BCUT2D eigenvalue weighted by Crippen LogP contribution is 2.21. The first kappa shape index (κ1) is 13.4. The van der Waals surface area contributed by atoms with Crippen molar-refractivity contribution in [3.05, 3.63) is 90.5 Å². The van der Waals surface area contributed by atoms with E-state index in [4.69, 9.17) is 4.84 Å². The first-order valence-electron chi connectivity index (χ1n) is 6.99. The van der Waals surface area contributed by atoms with Crippen LogP contribution in [0.4, 0.5) is 5.69 Å². The Morgan fingerprint density at radius 1 is 0.619 bits per heavy atom. The van der Waals surface area contributed by atoms with Crippen LogP contribution in [0.25, 0.3) is 11.1 Å². The zero-order valence-corrected chi connectivity index (χ0v) is 11.7. The van der Waals surface area contributed by atoms with Gasteiger partial charge in [0.25, 0.3) is 0 Å². The van der Waals surface area contributed by atoms with Crippen LogP contribution < -0.4 is 5.48 Å². The third kappa shape index (κ3) is 3.71. The molecule has 0 spiro atoms. The van der Waals surface area contributed by atoms with Gasteiger partial charge < -0.3 is 0 Å². The second-order valence-corrected chi connectivity index (χ2v) is 4.82. The first-order chi connectivity index (χ1) is 10.4. The lowest BCUT2D eigenvalue weighted by atomic mass is 10.1. The van der Waals surface area contributed by atoms with Crippen molar-refractivity contribution in [2.75, 3.05) is 5.48 Å². The molecule has 0 fully saturated rings. The summed E-state index contributed by atoms with van der Waals surface area (Å²) in [5.74, 6) is 0. The second-order valence-electron chi connectivity index (χ2n) is 4.82. The maximum Gasteiger partial charge on any atom is 0.0996 e.